The average Bonchev–Trinajstić information content (AvgIpc) is 2.50. The fourth-order valence-electron chi connectivity index (χ4n) is 1.76. The van der Waals surface area contributed by atoms with Crippen molar-refractivity contribution in [1.82, 2.24) is 0 Å². The van der Waals surface area contributed by atoms with Crippen molar-refractivity contribution < 1.29 is 0 Å². The summed E-state index contributed by atoms with van der Waals surface area (Å²) in [6, 6.07) is 18.5. The van der Waals surface area contributed by atoms with Gasteiger partial charge in [-0.2, -0.15) is 5.10 Å². The first-order valence-electron chi connectivity index (χ1n) is 6.90. The minimum atomic E-state index is 0.891. The number of aryl methyl sites for hydroxylation is 1. The smallest absolute Gasteiger partial charge is 0.0604 e. The molecule has 2 rings (SSSR count). The molecule has 2 heteroatoms. The lowest BCUT2D eigenvalue weighted by atomic mass is 10.2. The molecular weight excluding hydrogens is 244 g/mol. The van der Waals surface area contributed by atoms with Crippen molar-refractivity contribution in [3.8, 4) is 0 Å². The predicted octanol–water partition coefficient (Wildman–Crippen LogP) is 4.89. The maximum atomic E-state index is 4.44. The van der Waals surface area contributed by atoms with Gasteiger partial charge in [0.05, 0.1) is 11.4 Å². The van der Waals surface area contributed by atoms with E-state index in [1.54, 1.807) is 0 Å². The summed E-state index contributed by atoms with van der Waals surface area (Å²) in [5.41, 5.74) is 7.56. The Morgan fingerprint density at radius 2 is 1.75 bits per heavy atom. The van der Waals surface area contributed by atoms with Crippen molar-refractivity contribution in [2.24, 2.45) is 5.10 Å². The van der Waals surface area contributed by atoms with Gasteiger partial charge in [-0.3, -0.25) is 5.43 Å². The third-order valence-corrected chi connectivity index (χ3v) is 3.01. The van der Waals surface area contributed by atoms with Crippen LogP contribution in [0.15, 0.2) is 65.8 Å². The molecule has 0 heterocycles. The van der Waals surface area contributed by atoms with Crippen LogP contribution in [0.5, 0.6) is 0 Å². The molecule has 0 radical (unpaired) electrons. The maximum Gasteiger partial charge on any atom is 0.0604 e. The van der Waals surface area contributed by atoms with Gasteiger partial charge in [0.1, 0.15) is 0 Å². The summed E-state index contributed by atoms with van der Waals surface area (Å²) in [6.45, 7) is 4.18. The van der Waals surface area contributed by atoms with E-state index in [2.05, 4.69) is 60.8 Å². The van der Waals surface area contributed by atoms with Crippen LogP contribution >= 0.6 is 0 Å². The van der Waals surface area contributed by atoms with Crippen LogP contribution in [0.25, 0.3) is 6.08 Å². The third kappa shape index (κ3) is 4.39. The molecule has 102 valence electrons. The van der Waals surface area contributed by atoms with Gasteiger partial charge in [0.2, 0.25) is 0 Å². The third-order valence-electron chi connectivity index (χ3n) is 3.01. The predicted molar refractivity (Wildman–Crippen MR) is 88.0 cm³/mol. The second-order valence-electron chi connectivity index (χ2n) is 4.68. The van der Waals surface area contributed by atoms with Crippen molar-refractivity contribution in [1.29, 1.82) is 0 Å². The summed E-state index contributed by atoms with van der Waals surface area (Å²) in [5.74, 6) is 0. The molecule has 0 unspecified atom stereocenters. The minimum absolute atomic E-state index is 0.891. The molecule has 0 aromatic heterocycles. The highest BCUT2D eigenvalue weighted by Gasteiger charge is 1.93. The summed E-state index contributed by atoms with van der Waals surface area (Å²) in [6.07, 6.45) is 5.03. The summed E-state index contributed by atoms with van der Waals surface area (Å²) >= 11 is 0. The highest BCUT2D eigenvalue weighted by Crippen LogP contribution is 2.09. The number of benzene rings is 2. The second kappa shape index (κ2) is 7.29. The number of hydrogen-bond donors (Lipinski definition) is 1. The molecule has 0 saturated heterocycles. The van der Waals surface area contributed by atoms with E-state index in [0.29, 0.717) is 0 Å². The molecule has 0 aliphatic heterocycles. The molecular formula is C18H20N2. The molecule has 0 atom stereocenters. The standard InChI is InChI=1S/C18H20N2/c1-3-17(14-11-16-7-5-4-6-8-16)19-20-18-12-9-15(2)10-13-18/h4-14,20H,3H2,1-2H3/b14-11+,19-17-. The Kier molecular flexibility index (Phi) is 5.13. The first-order chi connectivity index (χ1) is 9.78. The van der Waals surface area contributed by atoms with Gasteiger partial charge < -0.3 is 0 Å². The fraction of sp³-hybridized carbons (Fsp3) is 0.167. The lowest BCUT2D eigenvalue weighted by Crippen LogP contribution is -1.97. The van der Waals surface area contributed by atoms with Crippen molar-refractivity contribution in [3.05, 3.63) is 71.8 Å². The Labute approximate surface area is 120 Å². The number of hydrogen-bond acceptors (Lipinski definition) is 2. The molecule has 0 saturated carbocycles. The quantitative estimate of drug-likeness (QED) is 0.603. The molecule has 0 bridgehead atoms. The Bertz CT molecular complexity index is 581. The molecule has 0 aliphatic carbocycles. The van der Waals surface area contributed by atoms with E-state index < -0.39 is 0 Å². The van der Waals surface area contributed by atoms with Gasteiger partial charge in [0.25, 0.3) is 0 Å². The average molecular weight is 264 g/mol. The number of anilines is 1. The number of rotatable bonds is 5. The van der Waals surface area contributed by atoms with Gasteiger partial charge in [-0.25, -0.2) is 0 Å². The first-order valence-corrected chi connectivity index (χ1v) is 6.90. The van der Waals surface area contributed by atoms with E-state index >= 15 is 0 Å². The molecule has 0 amide bonds. The molecule has 0 spiro atoms. The Morgan fingerprint density at radius 3 is 2.40 bits per heavy atom. The SMILES string of the molecule is CCC(/C=C/c1ccccc1)=N/Nc1ccc(C)cc1. The van der Waals surface area contributed by atoms with Crippen LogP contribution in [0.3, 0.4) is 0 Å². The largest absolute Gasteiger partial charge is 0.278 e. The summed E-state index contributed by atoms with van der Waals surface area (Å²) in [7, 11) is 0. The molecule has 2 aromatic rings. The van der Waals surface area contributed by atoms with Crippen LogP contribution in [-0.4, -0.2) is 5.71 Å². The van der Waals surface area contributed by atoms with Crippen molar-refractivity contribution in [3.63, 3.8) is 0 Å². The Hall–Kier alpha value is -2.35. The number of hydrazone groups is 1. The van der Waals surface area contributed by atoms with Gasteiger partial charge in [-0.15, -0.1) is 0 Å². The normalized spacial score (nSPS) is 11.8. The van der Waals surface area contributed by atoms with Crippen LogP contribution in [0.2, 0.25) is 0 Å². The number of allylic oxidation sites excluding steroid dienone is 1. The van der Waals surface area contributed by atoms with E-state index in [4.69, 9.17) is 0 Å². The van der Waals surface area contributed by atoms with Crippen LogP contribution in [-0.2, 0) is 0 Å². The van der Waals surface area contributed by atoms with Crippen molar-refractivity contribution in [2.75, 3.05) is 5.43 Å². The van der Waals surface area contributed by atoms with Crippen LogP contribution in [0, 0.1) is 6.92 Å². The van der Waals surface area contributed by atoms with Crippen molar-refractivity contribution >= 4 is 17.5 Å². The molecule has 1 N–H and O–H groups in total. The van der Waals surface area contributed by atoms with Gasteiger partial charge in [-0.1, -0.05) is 61.0 Å². The maximum absolute atomic E-state index is 4.44. The topological polar surface area (TPSA) is 24.4 Å². The van der Waals surface area contributed by atoms with Gasteiger partial charge in [0.15, 0.2) is 0 Å². The second-order valence-corrected chi connectivity index (χ2v) is 4.68. The molecule has 2 aromatic carbocycles. The zero-order valence-electron chi connectivity index (χ0n) is 12.0. The minimum Gasteiger partial charge on any atom is -0.278 e. The lowest BCUT2D eigenvalue weighted by molar-refractivity contribution is 1.23. The Morgan fingerprint density at radius 1 is 1.05 bits per heavy atom. The highest BCUT2D eigenvalue weighted by molar-refractivity contribution is 5.98. The van der Waals surface area contributed by atoms with Crippen LogP contribution in [0.1, 0.15) is 24.5 Å². The van der Waals surface area contributed by atoms with Gasteiger partial charge in [-0.05, 0) is 37.1 Å². The van der Waals surface area contributed by atoms with Crippen LogP contribution < -0.4 is 5.43 Å². The number of nitrogens with one attached hydrogen (secondary N) is 1. The van der Waals surface area contributed by atoms with Crippen LogP contribution in [0.4, 0.5) is 5.69 Å². The van der Waals surface area contributed by atoms with E-state index in [-0.39, 0.29) is 0 Å². The van der Waals surface area contributed by atoms with E-state index in [1.165, 1.54) is 11.1 Å². The zero-order valence-corrected chi connectivity index (χ0v) is 12.0. The lowest BCUT2D eigenvalue weighted by Gasteiger charge is -2.02. The first kappa shape index (κ1) is 14.1. The monoisotopic (exact) mass is 264 g/mol. The molecule has 0 aliphatic rings. The van der Waals surface area contributed by atoms with Crippen molar-refractivity contribution in [2.45, 2.75) is 20.3 Å². The molecule has 2 nitrogen and oxygen atoms in total. The fourth-order valence-corrected chi connectivity index (χ4v) is 1.76. The highest BCUT2D eigenvalue weighted by atomic mass is 15.3. The summed E-state index contributed by atoms with van der Waals surface area (Å²) < 4.78 is 0. The zero-order chi connectivity index (χ0) is 14.2. The molecule has 0 fully saturated rings. The van der Waals surface area contributed by atoms with E-state index in [9.17, 15) is 0 Å². The van der Waals surface area contributed by atoms with Gasteiger partial charge in [0, 0.05) is 0 Å². The Balaban J connectivity index is 2.02. The summed E-state index contributed by atoms with van der Waals surface area (Å²) in [4.78, 5) is 0. The van der Waals surface area contributed by atoms with Gasteiger partial charge >= 0.3 is 0 Å². The van der Waals surface area contributed by atoms with E-state index in [1.807, 2.05) is 30.3 Å². The summed E-state index contributed by atoms with van der Waals surface area (Å²) in [5, 5.41) is 4.44. The van der Waals surface area contributed by atoms with E-state index in [0.717, 1.165) is 17.8 Å². The molecule has 20 heavy (non-hydrogen) atoms. The number of nitrogens with zero attached hydrogens (tertiary/aromatic N) is 1.